The zero-order valence-corrected chi connectivity index (χ0v) is 13.2. The summed E-state index contributed by atoms with van der Waals surface area (Å²) in [6, 6.07) is 10.5. The minimum Gasteiger partial charge on any atom is -0.251 e. The Morgan fingerprint density at radius 3 is 2.60 bits per heavy atom. The van der Waals surface area contributed by atoms with Gasteiger partial charge in [-0.1, -0.05) is 48.3 Å². The van der Waals surface area contributed by atoms with Crippen LogP contribution in [0.1, 0.15) is 25.8 Å². The van der Waals surface area contributed by atoms with Gasteiger partial charge in [0, 0.05) is 4.47 Å². The van der Waals surface area contributed by atoms with Crippen LogP contribution in [0.25, 0.3) is 0 Å². The number of hydrogen-bond donors (Lipinski definition) is 0. The Morgan fingerprint density at radius 2 is 2.10 bits per heavy atom. The van der Waals surface area contributed by atoms with Crippen LogP contribution in [-0.4, -0.2) is 14.8 Å². The van der Waals surface area contributed by atoms with Gasteiger partial charge in [-0.15, -0.1) is 0 Å². The van der Waals surface area contributed by atoms with Crippen LogP contribution in [0.3, 0.4) is 0 Å². The molecule has 0 saturated heterocycles. The Morgan fingerprint density at radius 1 is 1.40 bits per heavy atom. The second-order valence-electron chi connectivity index (χ2n) is 4.99. The van der Waals surface area contributed by atoms with Crippen LogP contribution in [0.5, 0.6) is 0 Å². The lowest BCUT2D eigenvalue weighted by molar-refractivity contribution is 0.301. The molecule has 2 aromatic rings. The van der Waals surface area contributed by atoms with E-state index < -0.39 is 5.41 Å². The quantitative estimate of drug-likeness (QED) is 0.841. The Kier molecular flexibility index (Phi) is 4.56. The molecule has 5 heteroatoms. The first-order valence-corrected chi connectivity index (χ1v) is 7.41. The van der Waals surface area contributed by atoms with Gasteiger partial charge in [-0.2, -0.15) is 10.4 Å². The maximum absolute atomic E-state index is 9.88. The first kappa shape index (κ1) is 14.7. The van der Waals surface area contributed by atoms with Crippen molar-refractivity contribution in [3.8, 4) is 6.07 Å². The van der Waals surface area contributed by atoms with E-state index in [4.69, 9.17) is 0 Å². The van der Waals surface area contributed by atoms with E-state index in [2.05, 4.69) is 45.9 Å². The van der Waals surface area contributed by atoms with Gasteiger partial charge in [0.05, 0.1) is 12.6 Å². The van der Waals surface area contributed by atoms with Crippen molar-refractivity contribution in [1.82, 2.24) is 14.8 Å². The molecule has 0 aliphatic rings. The molecular weight excluding hydrogens is 316 g/mol. The lowest BCUT2D eigenvalue weighted by Crippen LogP contribution is -2.37. The van der Waals surface area contributed by atoms with Gasteiger partial charge < -0.3 is 0 Å². The van der Waals surface area contributed by atoms with Gasteiger partial charge in [0.1, 0.15) is 18.1 Å². The van der Waals surface area contributed by atoms with Crippen molar-refractivity contribution in [2.24, 2.45) is 5.92 Å². The first-order valence-electron chi connectivity index (χ1n) is 6.62. The van der Waals surface area contributed by atoms with Gasteiger partial charge in [-0.3, -0.25) is 4.68 Å². The van der Waals surface area contributed by atoms with Crippen LogP contribution in [-0.2, 0) is 12.0 Å². The summed E-state index contributed by atoms with van der Waals surface area (Å²) in [5, 5.41) is 14.0. The Bertz CT molecular complexity index is 585. The molecule has 0 N–H and O–H groups in total. The fourth-order valence-corrected chi connectivity index (χ4v) is 2.67. The molecule has 0 radical (unpaired) electrons. The molecule has 0 amide bonds. The molecule has 0 saturated carbocycles. The summed E-state index contributed by atoms with van der Waals surface area (Å²) in [6.45, 7) is 4.74. The van der Waals surface area contributed by atoms with Crippen molar-refractivity contribution < 1.29 is 0 Å². The van der Waals surface area contributed by atoms with E-state index in [0.717, 1.165) is 16.5 Å². The van der Waals surface area contributed by atoms with E-state index in [-0.39, 0.29) is 5.92 Å². The van der Waals surface area contributed by atoms with Crippen molar-refractivity contribution in [3.05, 3.63) is 47.0 Å². The van der Waals surface area contributed by atoms with Crippen molar-refractivity contribution in [2.75, 3.05) is 0 Å². The fourth-order valence-electron chi connectivity index (χ4n) is 2.41. The SMILES string of the molecule is CCC(C)C(C#N)(Cn1cncn1)c1ccc(Br)cc1. The zero-order valence-electron chi connectivity index (χ0n) is 11.6. The number of hydrogen-bond acceptors (Lipinski definition) is 3. The molecule has 4 nitrogen and oxygen atoms in total. The van der Waals surface area contributed by atoms with Gasteiger partial charge >= 0.3 is 0 Å². The van der Waals surface area contributed by atoms with Gasteiger partial charge in [0.25, 0.3) is 0 Å². The van der Waals surface area contributed by atoms with E-state index in [0.29, 0.717) is 6.54 Å². The molecule has 2 unspecified atom stereocenters. The molecule has 2 atom stereocenters. The summed E-state index contributed by atoms with van der Waals surface area (Å²) in [5.41, 5.74) is 0.427. The van der Waals surface area contributed by atoms with Crippen LogP contribution >= 0.6 is 15.9 Å². The summed E-state index contributed by atoms with van der Waals surface area (Å²) >= 11 is 3.44. The highest BCUT2D eigenvalue weighted by Gasteiger charge is 2.38. The predicted molar refractivity (Wildman–Crippen MR) is 80.9 cm³/mol. The lowest BCUT2D eigenvalue weighted by Gasteiger charge is -2.32. The monoisotopic (exact) mass is 332 g/mol. The highest BCUT2D eigenvalue weighted by molar-refractivity contribution is 9.10. The van der Waals surface area contributed by atoms with Gasteiger partial charge in [-0.05, 0) is 23.6 Å². The molecule has 0 spiro atoms. The summed E-state index contributed by atoms with van der Waals surface area (Å²) in [6.07, 6.45) is 4.09. The lowest BCUT2D eigenvalue weighted by atomic mass is 9.71. The highest BCUT2D eigenvalue weighted by Crippen LogP contribution is 2.36. The third-order valence-electron chi connectivity index (χ3n) is 3.89. The van der Waals surface area contributed by atoms with Crippen molar-refractivity contribution in [1.29, 1.82) is 5.26 Å². The number of nitriles is 1. The van der Waals surface area contributed by atoms with E-state index in [1.807, 2.05) is 24.3 Å². The Labute approximate surface area is 127 Å². The minimum absolute atomic E-state index is 0.220. The standard InChI is InChI=1S/C15H17BrN4/c1-3-12(2)15(8-17,9-20-11-18-10-19-20)13-4-6-14(16)7-5-13/h4-7,10-12H,3,9H2,1-2H3. The largest absolute Gasteiger partial charge is 0.251 e. The molecule has 104 valence electrons. The van der Waals surface area contributed by atoms with E-state index in [1.54, 1.807) is 11.0 Å². The number of benzene rings is 1. The maximum Gasteiger partial charge on any atom is 0.137 e. The minimum atomic E-state index is -0.594. The van der Waals surface area contributed by atoms with E-state index in [1.165, 1.54) is 6.33 Å². The van der Waals surface area contributed by atoms with Crippen LogP contribution in [0, 0.1) is 17.2 Å². The van der Waals surface area contributed by atoms with Crippen LogP contribution in [0.15, 0.2) is 41.4 Å². The number of nitrogens with zero attached hydrogens (tertiary/aromatic N) is 4. The summed E-state index contributed by atoms with van der Waals surface area (Å²) < 4.78 is 2.75. The van der Waals surface area contributed by atoms with Gasteiger partial charge in [-0.25, -0.2) is 4.98 Å². The van der Waals surface area contributed by atoms with E-state index >= 15 is 0 Å². The second-order valence-corrected chi connectivity index (χ2v) is 5.91. The topological polar surface area (TPSA) is 54.5 Å². The van der Waals surface area contributed by atoms with E-state index in [9.17, 15) is 5.26 Å². The van der Waals surface area contributed by atoms with Crippen molar-refractivity contribution in [3.63, 3.8) is 0 Å². The third-order valence-corrected chi connectivity index (χ3v) is 4.42. The van der Waals surface area contributed by atoms with Crippen LogP contribution in [0.4, 0.5) is 0 Å². The average Bonchev–Trinajstić information content (AvgIpc) is 2.98. The molecule has 1 aromatic carbocycles. The smallest absolute Gasteiger partial charge is 0.137 e. The molecule has 2 rings (SSSR count). The van der Waals surface area contributed by atoms with Crippen molar-refractivity contribution >= 4 is 15.9 Å². The second kappa shape index (κ2) is 6.19. The molecule has 0 aliphatic heterocycles. The first-order chi connectivity index (χ1) is 9.62. The number of halogens is 1. The molecule has 1 aromatic heterocycles. The molecule has 1 heterocycles. The molecule has 0 bridgehead atoms. The number of rotatable bonds is 5. The predicted octanol–water partition coefficient (Wildman–Crippen LogP) is 3.55. The fraction of sp³-hybridized carbons (Fsp3) is 0.400. The normalized spacial score (nSPS) is 15.3. The highest BCUT2D eigenvalue weighted by atomic mass is 79.9. The molecule has 20 heavy (non-hydrogen) atoms. The summed E-state index contributed by atoms with van der Waals surface area (Å²) in [4.78, 5) is 3.97. The van der Waals surface area contributed by atoms with Gasteiger partial charge in [0.2, 0.25) is 0 Å². The van der Waals surface area contributed by atoms with Crippen molar-refractivity contribution in [2.45, 2.75) is 32.2 Å². The van der Waals surface area contributed by atoms with Crippen LogP contribution in [0.2, 0.25) is 0 Å². The summed E-state index contributed by atoms with van der Waals surface area (Å²) in [7, 11) is 0. The molecular formula is C15H17BrN4. The Balaban J connectivity index is 2.47. The summed E-state index contributed by atoms with van der Waals surface area (Å²) in [5.74, 6) is 0.220. The maximum atomic E-state index is 9.88. The van der Waals surface area contributed by atoms with Crippen LogP contribution < -0.4 is 0 Å². The number of aromatic nitrogens is 3. The average molecular weight is 333 g/mol. The molecule has 0 fully saturated rings. The zero-order chi connectivity index (χ0) is 14.6. The Hall–Kier alpha value is -1.67. The molecule has 0 aliphatic carbocycles. The third kappa shape index (κ3) is 2.75. The van der Waals surface area contributed by atoms with Gasteiger partial charge in [0.15, 0.2) is 0 Å².